The number of alkyl halides is 1. The van der Waals surface area contributed by atoms with E-state index in [1.807, 2.05) is 0 Å². The van der Waals surface area contributed by atoms with Crippen molar-refractivity contribution >= 4 is 21.8 Å². The Hall–Kier alpha value is -1.01. The number of ether oxygens (including phenoxy) is 1. The number of hydrogen-bond donors (Lipinski definition) is 0. The van der Waals surface area contributed by atoms with E-state index in [0.29, 0.717) is 25.0 Å². The van der Waals surface area contributed by atoms with Crippen molar-refractivity contribution in [2.24, 2.45) is 0 Å². The predicted octanol–water partition coefficient (Wildman–Crippen LogP) is 2.45. The van der Waals surface area contributed by atoms with Gasteiger partial charge in [0.25, 0.3) is 5.91 Å². The molecule has 0 spiro atoms. The highest BCUT2D eigenvalue weighted by atomic mass is 79.9. The van der Waals surface area contributed by atoms with Gasteiger partial charge in [-0.25, -0.2) is 8.78 Å². The summed E-state index contributed by atoms with van der Waals surface area (Å²) in [7, 11) is 1.53. The molecule has 1 amide bonds. The van der Waals surface area contributed by atoms with Gasteiger partial charge < -0.3 is 9.64 Å². The van der Waals surface area contributed by atoms with Crippen LogP contribution in [0.4, 0.5) is 8.78 Å². The minimum absolute atomic E-state index is 0.00422. The minimum atomic E-state index is -0.760. The number of methoxy groups -OCH3 is 1. The zero-order valence-corrected chi connectivity index (χ0v) is 11.5. The number of carbonyl (C=O) groups is 1. The molecule has 6 heteroatoms. The molecule has 0 heterocycles. The van der Waals surface area contributed by atoms with Gasteiger partial charge in [-0.2, -0.15) is 0 Å². The maximum Gasteiger partial charge on any atom is 0.254 e. The largest absolute Gasteiger partial charge is 0.383 e. The minimum Gasteiger partial charge on any atom is -0.383 e. The van der Waals surface area contributed by atoms with E-state index in [-0.39, 0.29) is 5.56 Å². The first-order valence-corrected chi connectivity index (χ1v) is 6.51. The molecular formula is C12H14BrF2NO2. The van der Waals surface area contributed by atoms with Gasteiger partial charge in [0.2, 0.25) is 0 Å². The van der Waals surface area contributed by atoms with Gasteiger partial charge in [0, 0.05) is 37.2 Å². The van der Waals surface area contributed by atoms with Crippen LogP contribution in [0, 0.1) is 11.6 Å². The molecule has 1 aromatic rings. The summed E-state index contributed by atoms with van der Waals surface area (Å²) < 4.78 is 31.0. The second-order valence-corrected chi connectivity index (χ2v) is 4.43. The smallest absolute Gasteiger partial charge is 0.254 e. The van der Waals surface area contributed by atoms with Gasteiger partial charge in [-0.05, 0) is 12.1 Å². The fraction of sp³-hybridized carbons (Fsp3) is 0.417. The van der Waals surface area contributed by atoms with Gasteiger partial charge >= 0.3 is 0 Å². The van der Waals surface area contributed by atoms with Crippen molar-refractivity contribution in [3.8, 4) is 0 Å². The SMILES string of the molecule is COCCN(CCBr)C(=O)c1cc(F)cc(F)c1. The first-order valence-electron chi connectivity index (χ1n) is 5.38. The van der Waals surface area contributed by atoms with Gasteiger partial charge in [0.1, 0.15) is 11.6 Å². The summed E-state index contributed by atoms with van der Waals surface area (Å²) >= 11 is 3.23. The third-order valence-corrected chi connectivity index (χ3v) is 2.67. The Balaban J connectivity index is 2.86. The standard InChI is InChI=1S/C12H14BrF2NO2/c1-18-5-4-16(3-2-13)12(17)9-6-10(14)8-11(15)7-9/h6-8H,2-5H2,1H3. The molecule has 0 N–H and O–H groups in total. The summed E-state index contributed by atoms with van der Waals surface area (Å²) in [5.41, 5.74) is 0.00422. The lowest BCUT2D eigenvalue weighted by Crippen LogP contribution is -2.35. The van der Waals surface area contributed by atoms with Crippen LogP contribution in [0.5, 0.6) is 0 Å². The fourth-order valence-corrected chi connectivity index (χ4v) is 1.91. The first-order chi connectivity index (χ1) is 8.58. The van der Waals surface area contributed by atoms with Crippen LogP contribution in [0.3, 0.4) is 0 Å². The monoisotopic (exact) mass is 321 g/mol. The first kappa shape index (κ1) is 15.0. The second kappa shape index (κ2) is 7.43. The average Bonchev–Trinajstić information content (AvgIpc) is 2.32. The molecule has 0 fully saturated rings. The van der Waals surface area contributed by atoms with E-state index in [1.165, 1.54) is 12.0 Å². The molecule has 0 saturated carbocycles. The molecule has 0 bridgehead atoms. The molecule has 0 aliphatic rings. The van der Waals surface area contributed by atoms with Crippen molar-refractivity contribution < 1.29 is 18.3 Å². The molecule has 100 valence electrons. The highest BCUT2D eigenvalue weighted by molar-refractivity contribution is 9.09. The van der Waals surface area contributed by atoms with Gasteiger partial charge in [0.05, 0.1) is 6.61 Å². The molecule has 0 aromatic heterocycles. The van der Waals surface area contributed by atoms with Crippen LogP contribution < -0.4 is 0 Å². The summed E-state index contributed by atoms with van der Waals surface area (Å²) in [5.74, 6) is -1.93. The van der Waals surface area contributed by atoms with Gasteiger partial charge in [-0.1, -0.05) is 15.9 Å². The number of benzene rings is 1. The Kier molecular flexibility index (Phi) is 6.21. The molecular weight excluding hydrogens is 308 g/mol. The Morgan fingerprint density at radius 1 is 1.28 bits per heavy atom. The normalized spacial score (nSPS) is 10.4. The van der Waals surface area contributed by atoms with E-state index in [0.717, 1.165) is 18.2 Å². The van der Waals surface area contributed by atoms with Crippen LogP contribution in [-0.4, -0.2) is 42.9 Å². The summed E-state index contributed by atoms with van der Waals surface area (Å²) in [6, 6.07) is 2.79. The Labute approximate surface area is 113 Å². The van der Waals surface area contributed by atoms with E-state index < -0.39 is 17.5 Å². The molecule has 0 saturated heterocycles. The van der Waals surface area contributed by atoms with E-state index in [4.69, 9.17) is 4.74 Å². The lowest BCUT2D eigenvalue weighted by atomic mass is 10.2. The number of carbonyl (C=O) groups excluding carboxylic acids is 1. The van der Waals surface area contributed by atoms with Crippen molar-refractivity contribution in [1.82, 2.24) is 4.90 Å². The van der Waals surface area contributed by atoms with Crippen molar-refractivity contribution in [2.45, 2.75) is 0 Å². The fourth-order valence-electron chi connectivity index (χ4n) is 1.48. The number of nitrogens with zero attached hydrogens (tertiary/aromatic N) is 1. The third-order valence-electron chi connectivity index (χ3n) is 2.32. The summed E-state index contributed by atoms with van der Waals surface area (Å²) in [5, 5.41) is 0.584. The number of halogens is 3. The third kappa shape index (κ3) is 4.34. The van der Waals surface area contributed by atoms with Crippen LogP contribution >= 0.6 is 15.9 Å². The summed E-state index contributed by atoms with van der Waals surface area (Å²) in [6.07, 6.45) is 0. The van der Waals surface area contributed by atoms with Gasteiger partial charge in [-0.3, -0.25) is 4.79 Å². The molecule has 0 atom stereocenters. The van der Waals surface area contributed by atoms with Crippen LogP contribution in [0.1, 0.15) is 10.4 Å². The van der Waals surface area contributed by atoms with E-state index in [1.54, 1.807) is 0 Å². The number of amides is 1. The van der Waals surface area contributed by atoms with Crippen molar-refractivity contribution in [3.63, 3.8) is 0 Å². The molecule has 0 aliphatic heterocycles. The number of rotatable bonds is 6. The highest BCUT2D eigenvalue weighted by Crippen LogP contribution is 2.11. The van der Waals surface area contributed by atoms with E-state index >= 15 is 0 Å². The topological polar surface area (TPSA) is 29.5 Å². The van der Waals surface area contributed by atoms with Crippen molar-refractivity contribution in [2.75, 3.05) is 32.1 Å². The number of hydrogen-bond acceptors (Lipinski definition) is 2. The van der Waals surface area contributed by atoms with E-state index in [2.05, 4.69) is 15.9 Å². The molecule has 18 heavy (non-hydrogen) atoms. The zero-order valence-electron chi connectivity index (χ0n) is 9.96. The van der Waals surface area contributed by atoms with Crippen LogP contribution in [0.2, 0.25) is 0 Å². The van der Waals surface area contributed by atoms with Gasteiger partial charge in [-0.15, -0.1) is 0 Å². The van der Waals surface area contributed by atoms with Crippen molar-refractivity contribution in [3.05, 3.63) is 35.4 Å². The van der Waals surface area contributed by atoms with Crippen molar-refractivity contribution in [1.29, 1.82) is 0 Å². The molecule has 3 nitrogen and oxygen atoms in total. The lowest BCUT2D eigenvalue weighted by molar-refractivity contribution is 0.0708. The summed E-state index contributed by atoms with van der Waals surface area (Å²) in [4.78, 5) is 13.5. The average molecular weight is 322 g/mol. The summed E-state index contributed by atoms with van der Waals surface area (Å²) in [6.45, 7) is 1.19. The Bertz CT molecular complexity index is 395. The van der Waals surface area contributed by atoms with Crippen LogP contribution in [0.15, 0.2) is 18.2 Å². The Morgan fingerprint density at radius 3 is 2.39 bits per heavy atom. The molecule has 1 aromatic carbocycles. The molecule has 1 rings (SSSR count). The van der Waals surface area contributed by atoms with E-state index in [9.17, 15) is 13.6 Å². The quantitative estimate of drug-likeness (QED) is 0.753. The predicted molar refractivity (Wildman–Crippen MR) is 67.9 cm³/mol. The van der Waals surface area contributed by atoms with Gasteiger partial charge in [0.15, 0.2) is 0 Å². The Morgan fingerprint density at radius 2 is 1.89 bits per heavy atom. The zero-order chi connectivity index (χ0) is 13.5. The molecule has 0 unspecified atom stereocenters. The van der Waals surface area contributed by atoms with Crippen LogP contribution in [-0.2, 0) is 4.74 Å². The van der Waals surface area contributed by atoms with Crippen LogP contribution in [0.25, 0.3) is 0 Å². The molecule has 0 radical (unpaired) electrons. The maximum absolute atomic E-state index is 13.0. The highest BCUT2D eigenvalue weighted by Gasteiger charge is 2.16. The lowest BCUT2D eigenvalue weighted by Gasteiger charge is -2.21. The maximum atomic E-state index is 13.0. The second-order valence-electron chi connectivity index (χ2n) is 3.63. The molecule has 0 aliphatic carbocycles.